The first-order valence-electron chi connectivity index (χ1n) is 11.3. The molecule has 0 unspecified atom stereocenters. The highest BCUT2D eigenvalue weighted by atomic mass is 16.3. The van der Waals surface area contributed by atoms with E-state index in [-0.39, 0.29) is 10.8 Å². The van der Waals surface area contributed by atoms with Crippen molar-refractivity contribution in [2.24, 2.45) is 5.41 Å². The highest BCUT2D eigenvalue weighted by Gasteiger charge is 2.55. The van der Waals surface area contributed by atoms with Crippen molar-refractivity contribution in [3.63, 3.8) is 0 Å². The van der Waals surface area contributed by atoms with Crippen LogP contribution in [0.4, 0.5) is 0 Å². The summed E-state index contributed by atoms with van der Waals surface area (Å²) in [5, 5.41) is 44.0. The minimum absolute atomic E-state index is 0.258. The van der Waals surface area contributed by atoms with Gasteiger partial charge in [-0.15, -0.1) is 0 Å². The van der Waals surface area contributed by atoms with Gasteiger partial charge in [0, 0.05) is 0 Å². The molecule has 0 radical (unpaired) electrons. The molecule has 0 spiro atoms. The van der Waals surface area contributed by atoms with E-state index in [0.717, 1.165) is 24.0 Å². The molecule has 31 heavy (non-hydrogen) atoms. The second kappa shape index (κ2) is 9.41. The maximum atomic E-state index is 12.7. The molecule has 0 fully saturated rings. The van der Waals surface area contributed by atoms with E-state index in [1.165, 1.54) is 0 Å². The summed E-state index contributed by atoms with van der Waals surface area (Å²) >= 11 is 0. The van der Waals surface area contributed by atoms with Crippen LogP contribution in [0.5, 0.6) is 0 Å². The van der Waals surface area contributed by atoms with E-state index < -0.39 is 30.8 Å². The van der Waals surface area contributed by atoms with Crippen molar-refractivity contribution in [2.75, 3.05) is 19.8 Å². The summed E-state index contributed by atoms with van der Waals surface area (Å²) in [7, 11) is 0. The number of aliphatic hydroxyl groups is 4. The third kappa shape index (κ3) is 4.19. The van der Waals surface area contributed by atoms with Gasteiger partial charge < -0.3 is 20.4 Å². The smallest absolute Gasteiger partial charge is 0.127 e. The van der Waals surface area contributed by atoms with Crippen LogP contribution in [0.15, 0.2) is 48.5 Å². The zero-order chi connectivity index (χ0) is 23.5. The van der Waals surface area contributed by atoms with Crippen LogP contribution in [0.3, 0.4) is 0 Å². The van der Waals surface area contributed by atoms with Crippen LogP contribution in [0, 0.1) is 5.41 Å². The molecule has 4 N–H and O–H groups in total. The lowest BCUT2D eigenvalue weighted by molar-refractivity contribution is -0.137. The van der Waals surface area contributed by atoms with Crippen molar-refractivity contribution >= 4 is 0 Å². The number of aliphatic hydroxyl groups excluding tert-OH is 3. The minimum Gasteiger partial charge on any atom is -0.395 e. The van der Waals surface area contributed by atoms with Gasteiger partial charge in [0.2, 0.25) is 0 Å². The van der Waals surface area contributed by atoms with Crippen molar-refractivity contribution in [3.05, 3.63) is 70.8 Å². The largest absolute Gasteiger partial charge is 0.395 e. The molecule has 0 heterocycles. The molecule has 2 aromatic carbocycles. The molecule has 0 aliphatic heterocycles. The van der Waals surface area contributed by atoms with Gasteiger partial charge in [-0.25, -0.2) is 0 Å². The van der Waals surface area contributed by atoms with E-state index in [1.54, 1.807) is 0 Å². The average molecular weight is 429 g/mol. The van der Waals surface area contributed by atoms with E-state index in [9.17, 15) is 20.4 Å². The Kier molecular flexibility index (Phi) is 7.76. The fourth-order valence-electron chi connectivity index (χ4n) is 4.37. The fraction of sp³-hybridized carbons (Fsp3) is 0.556. The molecular formula is C27H40O4. The first-order chi connectivity index (χ1) is 14.5. The van der Waals surface area contributed by atoms with Crippen LogP contribution in [0.2, 0.25) is 0 Å². The van der Waals surface area contributed by atoms with Gasteiger partial charge in [0.1, 0.15) is 5.60 Å². The van der Waals surface area contributed by atoms with Crippen molar-refractivity contribution < 1.29 is 20.4 Å². The molecule has 0 saturated heterocycles. The molecule has 0 atom stereocenters. The summed E-state index contributed by atoms with van der Waals surface area (Å²) in [5.41, 5.74) is -0.813. The van der Waals surface area contributed by atoms with Crippen LogP contribution >= 0.6 is 0 Å². The highest BCUT2D eigenvalue weighted by Crippen LogP contribution is 2.51. The third-order valence-corrected chi connectivity index (χ3v) is 7.54. The summed E-state index contributed by atoms with van der Waals surface area (Å²) in [6.45, 7) is 11.0. The SMILES string of the molecule is CCC(C)(C)c1ccccc1C(O)(c1ccccc1C(C)(C)CC)C(CO)(CO)CO. The van der Waals surface area contributed by atoms with Gasteiger partial charge in [-0.3, -0.25) is 0 Å². The third-order valence-electron chi connectivity index (χ3n) is 7.54. The Balaban J connectivity index is 3.06. The normalized spacial score (nSPS) is 13.5. The molecule has 172 valence electrons. The van der Waals surface area contributed by atoms with Gasteiger partial charge in [0.05, 0.1) is 25.2 Å². The topological polar surface area (TPSA) is 80.9 Å². The van der Waals surface area contributed by atoms with Crippen LogP contribution in [-0.2, 0) is 16.4 Å². The van der Waals surface area contributed by atoms with Crippen molar-refractivity contribution in [3.8, 4) is 0 Å². The van der Waals surface area contributed by atoms with Crippen molar-refractivity contribution in [2.45, 2.75) is 70.8 Å². The Hall–Kier alpha value is -1.72. The van der Waals surface area contributed by atoms with Crippen molar-refractivity contribution in [1.82, 2.24) is 0 Å². The zero-order valence-electron chi connectivity index (χ0n) is 19.9. The Morgan fingerprint density at radius 1 is 0.581 bits per heavy atom. The maximum Gasteiger partial charge on any atom is 0.127 e. The van der Waals surface area contributed by atoms with E-state index in [4.69, 9.17) is 0 Å². The predicted molar refractivity (Wildman–Crippen MR) is 126 cm³/mol. The van der Waals surface area contributed by atoms with E-state index in [2.05, 4.69) is 41.5 Å². The zero-order valence-corrected chi connectivity index (χ0v) is 19.9. The standard InChI is InChI=1S/C27H40O4/c1-7-24(3,4)20-13-9-11-15-22(20)27(31,26(17-28,18-29)19-30)23-16-12-10-14-21(23)25(5,6)8-2/h9-16,28-31H,7-8,17-19H2,1-6H3. The quantitative estimate of drug-likeness (QED) is 0.456. The minimum atomic E-state index is -1.81. The number of rotatable bonds is 10. The van der Waals surface area contributed by atoms with Gasteiger partial charge in [0.25, 0.3) is 0 Å². The van der Waals surface area contributed by atoms with Gasteiger partial charge in [-0.1, -0.05) is 90.1 Å². The molecular weight excluding hydrogens is 388 g/mol. The highest BCUT2D eigenvalue weighted by molar-refractivity contribution is 5.50. The lowest BCUT2D eigenvalue weighted by Crippen LogP contribution is -2.55. The Bertz CT molecular complexity index is 797. The molecule has 0 aromatic heterocycles. The lowest BCUT2D eigenvalue weighted by atomic mass is 9.60. The number of hydrogen-bond acceptors (Lipinski definition) is 4. The average Bonchev–Trinajstić information content (AvgIpc) is 2.80. The van der Waals surface area contributed by atoms with Gasteiger partial charge in [-0.2, -0.15) is 0 Å². The molecule has 0 saturated carbocycles. The summed E-state index contributed by atoms with van der Waals surface area (Å²) in [6.07, 6.45) is 1.68. The molecule has 4 nitrogen and oxygen atoms in total. The van der Waals surface area contributed by atoms with Crippen LogP contribution in [-0.4, -0.2) is 40.2 Å². The van der Waals surface area contributed by atoms with Crippen molar-refractivity contribution in [1.29, 1.82) is 0 Å². The molecule has 2 aromatic rings. The Labute approximate surface area is 187 Å². The first-order valence-corrected chi connectivity index (χ1v) is 11.3. The molecule has 0 aliphatic carbocycles. The van der Waals surface area contributed by atoms with Gasteiger partial charge in [-0.05, 0) is 45.9 Å². The van der Waals surface area contributed by atoms with E-state index in [0.29, 0.717) is 11.1 Å². The summed E-state index contributed by atoms with van der Waals surface area (Å²) in [6, 6.07) is 15.3. The van der Waals surface area contributed by atoms with Crippen LogP contribution in [0.25, 0.3) is 0 Å². The summed E-state index contributed by atoms with van der Waals surface area (Å²) in [4.78, 5) is 0. The van der Waals surface area contributed by atoms with Crippen LogP contribution in [0.1, 0.15) is 76.6 Å². The van der Waals surface area contributed by atoms with Gasteiger partial charge >= 0.3 is 0 Å². The van der Waals surface area contributed by atoms with E-state index in [1.807, 2.05) is 48.5 Å². The second-order valence-electron chi connectivity index (χ2n) is 10.0. The molecule has 4 heteroatoms. The molecule has 0 aliphatic rings. The summed E-state index contributed by atoms with van der Waals surface area (Å²) in [5.74, 6) is 0. The van der Waals surface area contributed by atoms with E-state index >= 15 is 0 Å². The maximum absolute atomic E-state index is 12.7. The fourth-order valence-corrected chi connectivity index (χ4v) is 4.37. The van der Waals surface area contributed by atoms with Gasteiger partial charge in [0.15, 0.2) is 0 Å². The predicted octanol–water partition coefficient (Wildman–Crippen LogP) is 4.26. The molecule has 0 bridgehead atoms. The lowest BCUT2D eigenvalue weighted by Gasteiger charge is -2.48. The number of hydrogen-bond donors (Lipinski definition) is 4. The monoisotopic (exact) mass is 428 g/mol. The molecule has 2 rings (SSSR count). The first kappa shape index (κ1) is 25.5. The molecule has 0 amide bonds. The Morgan fingerprint density at radius 2 is 0.871 bits per heavy atom. The Morgan fingerprint density at radius 3 is 1.13 bits per heavy atom. The van der Waals surface area contributed by atoms with Crippen LogP contribution < -0.4 is 0 Å². The summed E-state index contributed by atoms with van der Waals surface area (Å²) < 4.78 is 0. The number of benzene rings is 2. The second-order valence-corrected chi connectivity index (χ2v) is 10.0.